The van der Waals surface area contributed by atoms with E-state index in [4.69, 9.17) is 0 Å². The van der Waals surface area contributed by atoms with Gasteiger partial charge in [-0.1, -0.05) is 41.5 Å². The van der Waals surface area contributed by atoms with Gasteiger partial charge in [0.15, 0.2) is 0 Å². The van der Waals surface area contributed by atoms with Crippen LogP contribution in [0.3, 0.4) is 0 Å². The Morgan fingerprint density at radius 2 is 1.67 bits per heavy atom. The van der Waals surface area contributed by atoms with Crippen molar-refractivity contribution in [2.45, 2.75) is 60.8 Å². The molecule has 104 valence electrons. The van der Waals surface area contributed by atoms with E-state index in [0.29, 0.717) is 5.41 Å². The molecule has 4 rings (SSSR count). The molecule has 0 nitrogen and oxygen atoms in total. The molecule has 0 N–H and O–H groups in total. The summed E-state index contributed by atoms with van der Waals surface area (Å²) in [7, 11) is 0. The van der Waals surface area contributed by atoms with E-state index in [-0.39, 0.29) is 0 Å². The third-order valence-electron chi connectivity index (χ3n) is 7.96. The van der Waals surface area contributed by atoms with E-state index < -0.39 is 0 Å². The van der Waals surface area contributed by atoms with Crippen LogP contribution in [0, 0.1) is 52.8 Å². The van der Waals surface area contributed by atoms with E-state index in [1.54, 1.807) is 6.42 Å². The van der Waals surface area contributed by atoms with Crippen LogP contribution in [-0.4, -0.2) is 0 Å². The number of fused-ring (bicyclic) bond motifs is 1. The summed E-state index contributed by atoms with van der Waals surface area (Å²) in [4.78, 5) is 0. The summed E-state index contributed by atoms with van der Waals surface area (Å²) < 4.78 is 0. The van der Waals surface area contributed by atoms with E-state index in [0.717, 1.165) is 47.3 Å². The predicted octanol–water partition coefficient (Wildman–Crippen LogP) is 5.23. The molecule has 0 aromatic heterocycles. The maximum absolute atomic E-state index is 2.61. The molecule has 4 fully saturated rings. The van der Waals surface area contributed by atoms with Crippen molar-refractivity contribution in [3.63, 3.8) is 0 Å². The molecule has 0 aromatic carbocycles. The molecule has 0 heteroatoms. The highest BCUT2D eigenvalue weighted by atomic mass is 14.7. The summed E-state index contributed by atoms with van der Waals surface area (Å²) in [5, 5.41) is 0. The number of hydrogen-bond acceptors (Lipinski definition) is 0. The van der Waals surface area contributed by atoms with Gasteiger partial charge >= 0.3 is 0 Å². The van der Waals surface area contributed by atoms with Crippen molar-refractivity contribution in [2.24, 2.45) is 52.8 Å². The lowest BCUT2D eigenvalue weighted by Gasteiger charge is -2.58. The summed E-state index contributed by atoms with van der Waals surface area (Å²) in [6.07, 6.45) is 4.51. The van der Waals surface area contributed by atoms with Crippen LogP contribution in [-0.2, 0) is 0 Å². The van der Waals surface area contributed by atoms with E-state index in [1.807, 2.05) is 0 Å². The van der Waals surface area contributed by atoms with Gasteiger partial charge in [0.25, 0.3) is 0 Å². The van der Waals surface area contributed by atoms with Gasteiger partial charge in [-0.15, -0.1) is 0 Å². The number of hydrogen-bond donors (Lipinski definition) is 0. The fourth-order valence-electron chi connectivity index (χ4n) is 6.99. The van der Waals surface area contributed by atoms with Gasteiger partial charge in [0, 0.05) is 0 Å². The monoisotopic (exact) mass is 248 g/mol. The topological polar surface area (TPSA) is 0 Å². The Morgan fingerprint density at radius 1 is 1.00 bits per heavy atom. The quantitative estimate of drug-likeness (QED) is 0.627. The van der Waals surface area contributed by atoms with Gasteiger partial charge < -0.3 is 0 Å². The van der Waals surface area contributed by atoms with Crippen LogP contribution in [0.1, 0.15) is 60.8 Å². The molecule has 4 aliphatic carbocycles. The normalized spacial score (nSPS) is 58.5. The summed E-state index contributed by atoms with van der Waals surface area (Å²) in [5.41, 5.74) is 0.645. The van der Waals surface area contributed by atoms with Crippen molar-refractivity contribution in [1.82, 2.24) is 0 Å². The lowest BCUT2D eigenvalue weighted by atomic mass is 9.47. The lowest BCUT2D eigenvalue weighted by molar-refractivity contribution is -0.0975. The molecule has 0 aromatic rings. The fraction of sp³-hybridized carbons (Fsp3) is 1.00. The summed E-state index contributed by atoms with van der Waals surface area (Å²) in [6, 6.07) is 0. The first kappa shape index (κ1) is 13.0. The van der Waals surface area contributed by atoms with Gasteiger partial charge in [0.1, 0.15) is 0 Å². The van der Waals surface area contributed by atoms with Gasteiger partial charge in [0.2, 0.25) is 0 Å². The van der Waals surface area contributed by atoms with Crippen LogP contribution in [0.4, 0.5) is 0 Å². The minimum absolute atomic E-state index is 0.645. The van der Waals surface area contributed by atoms with Gasteiger partial charge in [-0.05, 0) is 72.0 Å². The fourth-order valence-corrected chi connectivity index (χ4v) is 6.99. The molecule has 2 bridgehead atoms. The van der Waals surface area contributed by atoms with Crippen LogP contribution >= 0.6 is 0 Å². The van der Waals surface area contributed by atoms with Crippen LogP contribution in [0.15, 0.2) is 0 Å². The maximum atomic E-state index is 2.61. The molecular weight excluding hydrogens is 216 g/mol. The first-order valence-corrected chi connectivity index (χ1v) is 8.45. The second-order valence-corrected chi connectivity index (χ2v) is 8.23. The molecule has 0 radical (unpaired) electrons. The molecule has 0 aliphatic heterocycles. The molecular formula is C18H32. The van der Waals surface area contributed by atoms with Crippen LogP contribution in [0.5, 0.6) is 0 Å². The molecule has 0 heterocycles. The van der Waals surface area contributed by atoms with E-state index in [1.165, 1.54) is 12.8 Å². The van der Waals surface area contributed by atoms with Crippen molar-refractivity contribution in [3.8, 4) is 0 Å². The Balaban J connectivity index is 2.04. The minimum Gasteiger partial charge on any atom is -0.0648 e. The number of rotatable bonds is 2. The minimum atomic E-state index is 0.645. The molecule has 0 spiro atoms. The van der Waals surface area contributed by atoms with Crippen molar-refractivity contribution in [2.75, 3.05) is 0 Å². The van der Waals surface area contributed by atoms with Crippen LogP contribution < -0.4 is 0 Å². The average Bonchev–Trinajstić information content (AvgIpc) is 2.44. The SMILES string of the molecule is CCC1(C(C)C)C(C)C2CC(C2C)C2CC(C)C21. The third kappa shape index (κ3) is 1.28. The Kier molecular flexibility index (Phi) is 2.89. The molecule has 4 aliphatic rings. The second kappa shape index (κ2) is 4.00. The third-order valence-corrected chi connectivity index (χ3v) is 7.96. The van der Waals surface area contributed by atoms with E-state index in [9.17, 15) is 0 Å². The predicted molar refractivity (Wildman–Crippen MR) is 78.2 cm³/mol. The van der Waals surface area contributed by atoms with E-state index >= 15 is 0 Å². The highest BCUT2D eigenvalue weighted by Gasteiger charge is 2.65. The highest BCUT2D eigenvalue weighted by Crippen LogP contribution is 2.71. The Bertz CT molecular complexity index is 331. The first-order valence-electron chi connectivity index (χ1n) is 8.45. The molecule has 18 heavy (non-hydrogen) atoms. The van der Waals surface area contributed by atoms with Crippen molar-refractivity contribution in [3.05, 3.63) is 0 Å². The van der Waals surface area contributed by atoms with Crippen molar-refractivity contribution in [1.29, 1.82) is 0 Å². The maximum Gasteiger partial charge on any atom is -0.0215 e. The van der Waals surface area contributed by atoms with Crippen molar-refractivity contribution < 1.29 is 0 Å². The molecule has 8 unspecified atom stereocenters. The molecule has 8 atom stereocenters. The zero-order valence-corrected chi connectivity index (χ0v) is 13.2. The second-order valence-electron chi connectivity index (χ2n) is 8.23. The highest BCUT2D eigenvalue weighted by molar-refractivity contribution is 5.13. The van der Waals surface area contributed by atoms with Crippen LogP contribution in [0.2, 0.25) is 0 Å². The van der Waals surface area contributed by atoms with Crippen molar-refractivity contribution >= 4 is 0 Å². The first-order chi connectivity index (χ1) is 8.45. The van der Waals surface area contributed by atoms with Gasteiger partial charge in [-0.2, -0.15) is 0 Å². The summed E-state index contributed by atoms with van der Waals surface area (Å²) in [6.45, 7) is 15.2. The zero-order chi connectivity index (χ0) is 13.2. The molecule has 0 saturated heterocycles. The Labute approximate surface area is 114 Å². The Hall–Kier alpha value is 0. The summed E-state index contributed by atoms with van der Waals surface area (Å²) in [5.74, 6) is 8.07. The average molecular weight is 248 g/mol. The summed E-state index contributed by atoms with van der Waals surface area (Å²) >= 11 is 0. The zero-order valence-electron chi connectivity index (χ0n) is 13.2. The standard InChI is InChI=1S/C18H32/c1-7-18(10(2)3)13(6)14-9-15(12(14)5)16-8-11(4)17(16)18/h10-17H,7-9H2,1-6H3. The van der Waals surface area contributed by atoms with E-state index in [2.05, 4.69) is 41.5 Å². The van der Waals surface area contributed by atoms with Crippen LogP contribution in [0.25, 0.3) is 0 Å². The van der Waals surface area contributed by atoms with Gasteiger partial charge in [-0.25, -0.2) is 0 Å². The van der Waals surface area contributed by atoms with Gasteiger partial charge in [0.05, 0.1) is 0 Å². The Morgan fingerprint density at radius 3 is 2.11 bits per heavy atom. The smallest absolute Gasteiger partial charge is 0.0215 e. The lowest BCUT2D eigenvalue weighted by Crippen LogP contribution is -2.52. The largest absolute Gasteiger partial charge is 0.0648 e. The molecule has 0 amide bonds. The van der Waals surface area contributed by atoms with Gasteiger partial charge in [-0.3, -0.25) is 0 Å². The molecule has 4 saturated carbocycles.